The SMILES string of the molecule is CC1(CN=[N+]=[N-])CNC1. The van der Waals surface area contributed by atoms with Gasteiger partial charge in [-0.05, 0) is 10.9 Å². The van der Waals surface area contributed by atoms with E-state index in [-0.39, 0.29) is 5.41 Å². The Kier molecular flexibility index (Phi) is 1.60. The van der Waals surface area contributed by atoms with Gasteiger partial charge in [0.1, 0.15) is 0 Å². The quantitative estimate of drug-likeness (QED) is 0.333. The highest BCUT2D eigenvalue weighted by Gasteiger charge is 2.30. The number of hydrogen-bond acceptors (Lipinski definition) is 2. The summed E-state index contributed by atoms with van der Waals surface area (Å²) >= 11 is 0. The molecule has 1 heterocycles. The van der Waals surface area contributed by atoms with Crippen molar-refractivity contribution in [1.82, 2.24) is 5.32 Å². The molecule has 50 valence electrons. The van der Waals surface area contributed by atoms with E-state index in [9.17, 15) is 0 Å². The first-order valence-corrected chi connectivity index (χ1v) is 2.98. The molecule has 0 aromatic carbocycles. The highest BCUT2D eigenvalue weighted by atomic mass is 15.1. The number of nitrogens with zero attached hydrogens (tertiary/aromatic N) is 3. The van der Waals surface area contributed by atoms with E-state index in [0.717, 1.165) is 13.1 Å². The second kappa shape index (κ2) is 2.25. The highest BCUT2D eigenvalue weighted by molar-refractivity contribution is 4.89. The molecule has 0 unspecified atom stereocenters. The van der Waals surface area contributed by atoms with E-state index in [1.807, 2.05) is 0 Å². The normalized spacial score (nSPS) is 21.9. The molecule has 1 aliphatic rings. The van der Waals surface area contributed by atoms with E-state index in [1.165, 1.54) is 0 Å². The number of rotatable bonds is 2. The lowest BCUT2D eigenvalue weighted by atomic mass is 9.84. The average Bonchev–Trinajstić information content (AvgIpc) is 1.79. The fourth-order valence-electron chi connectivity index (χ4n) is 0.866. The maximum Gasteiger partial charge on any atom is 0.0336 e. The Balaban J connectivity index is 2.32. The summed E-state index contributed by atoms with van der Waals surface area (Å²) in [5.41, 5.74) is 8.23. The van der Waals surface area contributed by atoms with E-state index < -0.39 is 0 Å². The number of hydrogen-bond donors (Lipinski definition) is 1. The Morgan fingerprint density at radius 3 is 2.78 bits per heavy atom. The predicted octanol–water partition coefficient (Wildman–Crippen LogP) is 0.906. The average molecular weight is 126 g/mol. The van der Waals surface area contributed by atoms with Gasteiger partial charge in [0.05, 0.1) is 0 Å². The molecule has 0 radical (unpaired) electrons. The predicted molar refractivity (Wildman–Crippen MR) is 35.0 cm³/mol. The maximum absolute atomic E-state index is 7.99. The first-order chi connectivity index (χ1) is 4.27. The van der Waals surface area contributed by atoms with Crippen molar-refractivity contribution in [3.8, 4) is 0 Å². The van der Waals surface area contributed by atoms with Crippen LogP contribution in [-0.4, -0.2) is 19.6 Å². The van der Waals surface area contributed by atoms with Crippen LogP contribution < -0.4 is 5.32 Å². The number of azide groups is 1. The molecule has 4 heteroatoms. The van der Waals surface area contributed by atoms with Gasteiger partial charge in [0.2, 0.25) is 0 Å². The van der Waals surface area contributed by atoms with Gasteiger partial charge in [0.25, 0.3) is 0 Å². The minimum absolute atomic E-state index is 0.242. The van der Waals surface area contributed by atoms with Crippen molar-refractivity contribution in [1.29, 1.82) is 0 Å². The van der Waals surface area contributed by atoms with Crippen LogP contribution in [-0.2, 0) is 0 Å². The van der Waals surface area contributed by atoms with Crippen molar-refractivity contribution < 1.29 is 0 Å². The molecule has 0 aromatic heterocycles. The second-order valence-corrected chi connectivity index (χ2v) is 2.80. The van der Waals surface area contributed by atoms with Crippen LogP contribution in [0.3, 0.4) is 0 Å². The second-order valence-electron chi connectivity index (χ2n) is 2.80. The third-order valence-electron chi connectivity index (χ3n) is 1.62. The van der Waals surface area contributed by atoms with Crippen LogP contribution in [0.1, 0.15) is 6.92 Å². The molecule has 1 aliphatic heterocycles. The van der Waals surface area contributed by atoms with Crippen molar-refractivity contribution in [3.63, 3.8) is 0 Å². The minimum atomic E-state index is 0.242. The van der Waals surface area contributed by atoms with Gasteiger partial charge in [-0.25, -0.2) is 0 Å². The zero-order chi connectivity index (χ0) is 6.74. The van der Waals surface area contributed by atoms with Crippen molar-refractivity contribution in [2.75, 3.05) is 19.6 Å². The zero-order valence-electron chi connectivity index (χ0n) is 5.46. The van der Waals surface area contributed by atoms with Gasteiger partial charge in [-0.1, -0.05) is 12.0 Å². The molecule has 0 aromatic rings. The van der Waals surface area contributed by atoms with Gasteiger partial charge in [-0.2, -0.15) is 0 Å². The van der Waals surface area contributed by atoms with Crippen LogP contribution >= 0.6 is 0 Å². The first kappa shape index (κ1) is 6.39. The van der Waals surface area contributed by atoms with Crippen molar-refractivity contribution in [2.24, 2.45) is 10.5 Å². The fourth-order valence-corrected chi connectivity index (χ4v) is 0.866. The van der Waals surface area contributed by atoms with Gasteiger partial charge in [-0.3, -0.25) is 0 Å². The van der Waals surface area contributed by atoms with Crippen LogP contribution in [0.4, 0.5) is 0 Å². The Hall–Kier alpha value is -0.730. The lowest BCUT2D eigenvalue weighted by Gasteiger charge is -2.37. The Morgan fingerprint density at radius 1 is 1.78 bits per heavy atom. The van der Waals surface area contributed by atoms with Crippen molar-refractivity contribution in [3.05, 3.63) is 10.4 Å². The molecule has 1 N–H and O–H groups in total. The molecule has 0 aliphatic carbocycles. The lowest BCUT2D eigenvalue weighted by Crippen LogP contribution is -2.53. The standard InChI is InChI=1S/C5H10N4/c1-5(2-7-3-5)4-8-9-6/h7H,2-4H2,1H3. The minimum Gasteiger partial charge on any atom is -0.316 e. The Bertz CT molecular complexity index is 143. The number of nitrogens with one attached hydrogen (secondary N) is 1. The van der Waals surface area contributed by atoms with Gasteiger partial charge in [0.15, 0.2) is 0 Å². The van der Waals surface area contributed by atoms with Gasteiger partial charge >= 0.3 is 0 Å². The summed E-state index contributed by atoms with van der Waals surface area (Å²) in [4.78, 5) is 2.70. The van der Waals surface area contributed by atoms with Gasteiger partial charge < -0.3 is 5.32 Å². The maximum atomic E-state index is 7.99. The van der Waals surface area contributed by atoms with Gasteiger partial charge in [0, 0.05) is 24.5 Å². The van der Waals surface area contributed by atoms with Crippen LogP contribution in [0.25, 0.3) is 10.4 Å². The van der Waals surface area contributed by atoms with Crippen LogP contribution in [0, 0.1) is 5.41 Å². The third-order valence-corrected chi connectivity index (χ3v) is 1.62. The van der Waals surface area contributed by atoms with Gasteiger partial charge in [-0.15, -0.1) is 0 Å². The topological polar surface area (TPSA) is 60.8 Å². The van der Waals surface area contributed by atoms with Crippen molar-refractivity contribution in [2.45, 2.75) is 6.92 Å². The van der Waals surface area contributed by atoms with Crippen molar-refractivity contribution >= 4 is 0 Å². The molecule has 4 nitrogen and oxygen atoms in total. The van der Waals surface area contributed by atoms with E-state index in [2.05, 4.69) is 22.3 Å². The van der Waals surface area contributed by atoms with E-state index >= 15 is 0 Å². The van der Waals surface area contributed by atoms with E-state index in [4.69, 9.17) is 5.53 Å². The van der Waals surface area contributed by atoms with Crippen LogP contribution in [0.2, 0.25) is 0 Å². The monoisotopic (exact) mass is 126 g/mol. The molecule has 1 rings (SSSR count). The molecular formula is C5H10N4. The summed E-state index contributed by atoms with van der Waals surface area (Å²) in [6.07, 6.45) is 0. The molecule has 0 atom stereocenters. The summed E-state index contributed by atoms with van der Waals surface area (Å²) in [6, 6.07) is 0. The highest BCUT2D eigenvalue weighted by Crippen LogP contribution is 2.20. The molecule has 9 heavy (non-hydrogen) atoms. The van der Waals surface area contributed by atoms with E-state index in [1.54, 1.807) is 0 Å². The molecule has 1 saturated heterocycles. The Morgan fingerprint density at radius 2 is 2.44 bits per heavy atom. The lowest BCUT2D eigenvalue weighted by molar-refractivity contribution is 0.207. The van der Waals surface area contributed by atoms with Crippen LogP contribution in [0.5, 0.6) is 0 Å². The first-order valence-electron chi connectivity index (χ1n) is 2.98. The summed E-state index contributed by atoms with van der Waals surface area (Å²) < 4.78 is 0. The third kappa shape index (κ3) is 1.34. The fraction of sp³-hybridized carbons (Fsp3) is 1.00. The van der Waals surface area contributed by atoms with E-state index in [0.29, 0.717) is 6.54 Å². The summed E-state index contributed by atoms with van der Waals surface area (Å²) in [6.45, 7) is 4.69. The molecule has 1 fully saturated rings. The molecule has 0 bridgehead atoms. The molecular weight excluding hydrogens is 116 g/mol. The largest absolute Gasteiger partial charge is 0.316 e. The molecule has 0 spiro atoms. The zero-order valence-corrected chi connectivity index (χ0v) is 5.46. The summed E-state index contributed by atoms with van der Waals surface area (Å²) in [7, 11) is 0. The molecule has 0 saturated carbocycles. The summed E-state index contributed by atoms with van der Waals surface area (Å²) in [5.74, 6) is 0. The smallest absolute Gasteiger partial charge is 0.0336 e. The van der Waals surface area contributed by atoms with Crippen LogP contribution in [0.15, 0.2) is 5.11 Å². The Labute approximate surface area is 53.9 Å². The molecule has 0 amide bonds. The summed E-state index contributed by atoms with van der Waals surface area (Å²) in [5, 5.41) is 6.63.